The number of carbonyl (C=O) groups excluding carboxylic acids is 1. The first-order valence-corrected chi connectivity index (χ1v) is 8.00. The number of carbonyl (C=O) groups is 1. The molecule has 0 aliphatic heterocycles. The van der Waals surface area contributed by atoms with Crippen LogP contribution in [-0.2, 0) is 6.42 Å². The summed E-state index contributed by atoms with van der Waals surface area (Å²) >= 11 is 0. The maximum atomic E-state index is 11.8. The standard InChI is InChI=1S/C15H26N4O3/c1-11-18-13(22-19-11)8-9-16-14(20)17-10-15(2,21)12-6-4-3-5-7-12/h12,21H,3-10H2,1-2H3,(H2,16,17,20)/t15-/m0/s1. The Morgan fingerprint density at radius 2 is 2.09 bits per heavy atom. The Hall–Kier alpha value is -1.63. The molecular weight excluding hydrogens is 284 g/mol. The maximum Gasteiger partial charge on any atom is 0.314 e. The van der Waals surface area contributed by atoms with Crippen LogP contribution in [0, 0.1) is 12.8 Å². The van der Waals surface area contributed by atoms with E-state index in [1.807, 2.05) is 6.92 Å². The predicted molar refractivity (Wildman–Crippen MR) is 81.3 cm³/mol. The number of rotatable bonds is 6. The van der Waals surface area contributed by atoms with Crippen LogP contribution in [0.15, 0.2) is 4.52 Å². The SMILES string of the molecule is Cc1noc(CCNC(=O)NC[C@](C)(O)C2CCCCC2)n1. The summed E-state index contributed by atoms with van der Waals surface area (Å²) in [5, 5.41) is 19.7. The van der Waals surface area contributed by atoms with E-state index >= 15 is 0 Å². The quantitative estimate of drug-likeness (QED) is 0.740. The molecule has 1 aromatic rings. The first kappa shape index (κ1) is 16.7. The van der Waals surface area contributed by atoms with Crippen molar-refractivity contribution in [2.45, 2.75) is 58.0 Å². The van der Waals surface area contributed by atoms with E-state index in [0.717, 1.165) is 25.7 Å². The molecule has 0 spiro atoms. The Morgan fingerprint density at radius 1 is 1.36 bits per heavy atom. The second-order valence-electron chi connectivity index (χ2n) is 6.29. The summed E-state index contributed by atoms with van der Waals surface area (Å²) in [5.41, 5.74) is -0.846. The van der Waals surface area contributed by atoms with Crippen molar-refractivity contribution >= 4 is 6.03 Å². The van der Waals surface area contributed by atoms with Crippen molar-refractivity contribution in [2.24, 2.45) is 5.92 Å². The van der Waals surface area contributed by atoms with E-state index in [2.05, 4.69) is 20.8 Å². The lowest BCUT2D eigenvalue weighted by atomic mass is 9.78. The topological polar surface area (TPSA) is 100 Å². The fraction of sp³-hybridized carbons (Fsp3) is 0.800. The van der Waals surface area contributed by atoms with E-state index in [4.69, 9.17) is 4.52 Å². The second-order valence-corrected chi connectivity index (χ2v) is 6.29. The minimum Gasteiger partial charge on any atom is -0.388 e. The van der Waals surface area contributed by atoms with Gasteiger partial charge in [-0.25, -0.2) is 4.79 Å². The zero-order chi connectivity index (χ0) is 16.0. The van der Waals surface area contributed by atoms with Gasteiger partial charge in [0, 0.05) is 19.5 Å². The number of aromatic nitrogens is 2. The minimum absolute atomic E-state index is 0.267. The molecule has 0 radical (unpaired) electrons. The number of nitrogens with one attached hydrogen (secondary N) is 2. The summed E-state index contributed by atoms with van der Waals surface area (Å²) in [7, 11) is 0. The average molecular weight is 310 g/mol. The van der Waals surface area contributed by atoms with E-state index in [9.17, 15) is 9.90 Å². The highest BCUT2D eigenvalue weighted by Gasteiger charge is 2.32. The van der Waals surface area contributed by atoms with Crippen LogP contribution in [0.2, 0.25) is 0 Å². The number of urea groups is 1. The lowest BCUT2D eigenvalue weighted by Gasteiger charge is -2.35. The van der Waals surface area contributed by atoms with Crippen molar-refractivity contribution in [1.82, 2.24) is 20.8 Å². The average Bonchev–Trinajstić information content (AvgIpc) is 2.92. The molecule has 1 aliphatic carbocycles. The van der Waals surface area contributed by atoms with Gasteiger partial charge in [-0.1, -0.05) is 24.4 Å². The molecule has 0 bridgehead atoms. The lowest BCUT2D eigenvalue weighted by Crippen LogP contribution is -2.49. The van der Waals surface area contributed by atoms with Crippen LogP contribution in [0.1, 0.15) is 50.7 Å². The molecule has 1 heterocycles. The Morgan fingerprint density at radius 3 is 2.73 bits per heavy atom. The van der Waals surface area contributed by atoms with Crippen molar-refractivity contribution < 1.29 is 14.4 Å². The summed E-state index contributed by atoms with van der Waals surface area (Å²) < 4.78 is 4.97. The normalized spacial score (nSPS) is 18.7. The van der Waals surface area contributed by atoms with Gasteiger partial charge in [-0.15, -0.1) is 0 Å². The van der Waals surface area contributed by atoms with Crippen molar-refractivity contribution in [3.05, 3.63) is 11.7 Å². The summed E-state index contributed by atoms with van der Waals surface area (Å²) in [6.07, 6.45) is 6.13. The molecule has 1 atom stereocenters. The molecule has 124 valence electrons. The molecule has 0 unspecified atom stereocenters. The van der Waals surface area contributed by atoms with E-state index in [1.165, 1.54) is 6.42 Å². The molecule has 1 aliphatic rings. The molecule has 3 N–H and O–H groups in total. The number of aryl methyl sites for hydroxylation is 1. The first-order chi connectivity index (χ1) is 10.5. The van der Waals surface area contributed by atoms with E-state index in [0.29, 0.717) is 24.7 Å². The van der Waals surface area contributed by atoms with Crippen LogP contribution >= 0.6 is 0 Å². The van der Waals surface area contributed by atoms with Gasteiger partial charge in [-0.2, -0.15) is 4.98 Å². The number of amides is 2. The Labute approximate surface area is 130 Å². The number of hydrogen-bond donors (Lipinski definition) is 3. The summed E-state index contributed by atoms with van der Waals surface area (Å²) in [5.74, 6) is 1.36. The van der Waals surface area contributed by atoms with Crippen LogP contribution < -0.4 is 10.6 Å². The molecule has 0 saturated heterocycles. The summed E-state index contributed by atoms with van der Waals surface area (Å²) in [6.45, 7) is 4.24. The Balaban J connectivity index is 1.66. The van der Waals surface area contributed by atoms with Gasteiger partial charge in [0.2, 0.25) is 5.89 Å². The third-order valence-corrected chi connectivity index (χ3v) is 4.29. The maximum absolute atomic E-state index is 11.8. The van der Waals surface area contributed by atoms with E-state index in [-0.39, 0.29) is 18.5 Å². The minimum atomic E-state index is -0.846. The molecule has 0 aromatic carbocycles. The molecule has 1 aromatic heterocycles. The fourth-order valence-corrected chi connectivity index (χ4v) is 2.92. The third kappa shape index (κ3) is 4.98. The molecule has 7 nitrogen and oxygen atoms in total. The zero-order valence-corrected chi connectivity index (χ0v) is 13.4. The third-order valence-electron chi connectivity index (χ3n) is 4.29. The molecule has 1 fully saturated rings. The van der Waals surface area contributed by atoms with Gasteiger partial charge in [-0.05, 0) is 32.6 Å². The molecule has 2 rings (SSSR count). The molecule has 1 saturated carbocycles. The number of hydrogen-bond acceptors (Lipinski definition) is 5. The van der Waals surface area contributed by atoms with Gasteiger partial charge < -0.3 is 20.3 Å². The molecule has 2 amide bonds. The second kappa shape index (κ2) is 7.58. The zero-order valence-electron chi connectivity index (χ0n) is 13.4. The van der Waals surface area contributed by atoms with Gasteiger partial charge in [0.1, 0.15) is 0 Å². The van der Waals surface area contributed by atoms with Crippen LogP contribution in [0.4, 0.5) is 4.79 Å². The summed E-state index contributed by atoms with van der Waals surface area (Å²) in [4.78, 5) is 15.8. The Bertz CT molecular complexity index is 481. The van der Waals surface area contributed by atoms with Gasteiger partial charge >= 0.3 is 6.03 Å². The van der Waals surface area contributed by atoms with Crippen molar-refractivity contribution in [3.8, 4) is 0 Å². The summed E-state index contributed by atoms with van der Waals surface area (Å²) in [6, 6.07) is -0.285. The van der Waals surface area contributed by atoms with Crippen LogP contribution in [0.5, 0.6) is 0 Å². The van der Waals surface area contributed by atoms with E-state index < -0.39 is 5.60 Å². The fourth-order valence-electron chi connectivity index (χ4n) is 2.92. The first-order valence-electron chi connectivity index (χ1n) is 8.00. The van der Waals surface area contributed by atoms with Gasteiger partial charge in [0.25, 0.3) is 0 Å². The highest BCUT2D eigenvalue weighted by Crippen LogP contribution is 2.32. The van der Waals surface area contributed by atoms with Crippen molar-refractivity contribution in [1.29, 1.82) is 0 Å². The van der Waals surface area contributed by atoms with Crippen LogP contribution in [0.25, 0.3) is 0 Å². The molecule has 7 heteroatoms. The van der Waals surface area contributed by atoms with Crippen LogP contribution in [0.3, 0.4) is 0 Å². The predicted octanol–water partition coefficient (Wildman–Crippen LogP) is 1.55. The molecular formula is C15H26N4O3. The van der Waals surface area contributed by atoms with Crippen molar-refractivity contribution in [2.75, 3.05) is 13.1 Å². The number of nitrogens with zero attached hydrogens (tertiary/aromatic N) is 2. The smallest absolute Gasteiger partial charge is 0.314 e. The van der Waals surface area contributed by atoms with Crippen LogP contribution in [-0.4, -0.2) is 40.0 Å². The highest BCUT2D eigenvalue weighted by atomic mass is 16.5. The van der Waals surface area contributed by atoms with Crippen molar-refractivity contribution in [3.63, 3.8) is 0 Å². The Kier molecular flexibility index (Phi) is 5.76. The highest BCUT2D eigenvalue weighted by molar-refractivity contribution is 5.73. The molecule has 22 heavy (non-hydrogen) atoms. The van der Waals surface area contributed by atoms with Gasteiger partial charge in [-0.3, -0.25) is 0 Å². The number of aliphatic hydroxyl groups is 1. The lowest BCUT2D eigenvalue weighted by molar-refractivity contribution is -0.0130. The van der Waals surface area contributed by atoms with E-state index in [1.54, 1.807) is 6.92 Å². The van der Waals surface area contributed by atoms with Gasteiger partial charge in [0.15, 0.2) is 5.82 Å². The largest absolute Gasteiger partial charge is 0.388 e. The van der Waals surface area contributed by atoms with Gasteiger partial charge in [0.05, 0.1) is 5.60 Å². The monoisotopic (exact) mass is 310 g/mol.